The van der Waals surface area contributed by atoms with Crippen LogP contribution in [0.1, 0.15) is 6.92 Å². The Hall–Kier alpha value is -1.13. The van der Waals surface area contributed by atoms with Crippen molar-refractivity contribution in [2.75, 3.05) is 25.1 Å². The number of aliphatic hydroxyl groups is 2. The van der Waals surface area contributed by atoms with Crippen molar-refractivity contribution in [2.24, 2.45) is 5.41 Å². The van der Waals surface area contributed by atoms with Gasteiger partial charge in [-0.3, -0.25) is 0 Å². The second-order valence-corrected chi connectivity index (χ2v) is 3.99. The Labute approximate surface area is 88.6 Å². The fourth-order valence-corrected chi connectivity index (χ4v) is 1.08. The smallest absolute Gasteiger partial charge is 0.125 e. The number of anilines is 1. The third-order valence-electron chi connectivity index (χ3n) is 2.31. The molecule has 0 saturated heterocycles. The van der Waals surface area contributed by atoms with Gasteiger partial charge in [0, 0.05) is 17.6 Å². The molecule has 0 atom stereocenters. The Balaban J connectivity index is 2.56. The van der Waals surface area contributed by atoms with Crippen molar-refractivity contribution in [3.05, 3.63) is 30.1 Å². The van der Waals surface area contributed by atoms with Crippen LogP contribution >= 0.6 is 0 Å². The molecule has 0 unspecified atom stereocenters. The van der Waals surface area contributed by atoms with Crippen LogP contribution in [-0.2, 0) is 0 Å². The maximum Gasteiger partial charge on any atom is 0.125 e. The number of rotatable bonds is 5. The van der Waals surface area contributed by atoms with Crippen LogP contribution in [0.5, 0.6) is 0 Å². The zero-order chi connectivity index (χ0) is 11.3. The van der Waals surface area contributed by atoms with E-state index in [1.807, 2.05) is 0 Å². The van der Waals surface area contributed by atoms with Gasteiger partial charge in [-0.2, -0.15) is 0 Å². The molecule has 0 heterocycles. The first-order valence-electron chi connectivity index (χ1n) is 4.81. The third kappa shape index (κ3) is 3.49. The van der Waals surface area contributed by atoms with E-state index in [2.05, 4.69) is 5.32 Å². The van der Waals surface area contributed by atoms with Gasteiger partial charge in [0.05, 0.1) is 13.2 Å². The lowest BCUT2D eigenvalue weighted by atomic mass is 9.93. The first-order chi connectivity index (χ1) is 7.09. The van der Waals surface area contributed by atoms with Crippen LogP contribution < -0.4 is 5.32 Å². The summed E-state index contributed by atoms with van der Waals surface area (Å²) < 4.78 is 12.8. The lowest BCUT2D eigenvalue weighted by Crippen LogP contribution is -2.34. The Kier molecular flexibility index (Phi) is 4.05. The summed E-state index contributed by atoms with van der Waals surface area (Å²) in [6.45, 7) is 1.90. The first kappa shape index (κ1) is 11.9. The molecule has 1 rings (SSSR count). The molecule has 0 aliphatic rings. The minimum absolute atomic E-state index is 0.119. The molecule has 4 heteroatoms. The van der Waals surface area contributed by atoms with Crippen molar-refractivity contribution < 1.29 is 14.6 Å². The highest BCUT2D eigenvalue weighted by molar-refractivity contribution is 5.43. The van der Waals surface area contributed by atoms with Crippen LogP contribution in [0.25, 0.3) is 0 Å². The molecule has 84 valence electrons. The summed E-state index contributed by atoms with van der Waals surface area (Å²) >= 11 is 0. The molecule has 3 N–H and O–H groups in total. The van der Waals surface area contributed by atoms with E-state index in [0.717, 1.165) is 0 Å². The van der Waals surface area contributed by atoms with E-state index in [-0.39, 0.29) is 19.0 Å². The summed E-state index contributed by atoms with van der Waals surface area (Å²) in [5, 5.41) is 21.1. The highest BCUT2D eigenvalue weighted by atomic mass is 19.1. The fourth-order valence-electron chi connectivity index (χ4n) is 1.08. The Morgan fingerprint density at radius 2 is 2.00 bits per heavy atom. The van der Waals surface area contributed by atoms with E-state index < -0.39 is 5.41 Å². The van der Waals surface area contributed by atoms with Crippen molar-refractivity contribution in [3.63, 3.8) is 0 Å². The zero-order valence-corrected chi connectivity index (χ0v) is 8.70. The quantitative estimate of drug-likeness (QED) is 0.689. The summed E-state index contributed by atoms with van der Waals surface area (Å²) in [7, 11) is 0. The topological polar surface area (TPSA) is 52.5 Å². The van der Waals surface area contributed by atoms with Crippen molar-refractivity contribution in [3.8, 4) is 0 Å². The number of halogens is 1. The first-order valence-corrected chi connectivity index (χ1v) is 4.81. The molecule has 0 aliphatic carbocycles. The maximum atomic E-state index is 12.8. The maximum absolute atomic E-state index is 12.8. The highest BCUT2D eigenvalue weighted by Crippen LogP contribution is 2.16. The number of hydrogen-bond acceptors (Lipinski definition) is 3. The molecule has 0 aliphatic heterocycles. The minimum atomic E-state index is -0.591. The molecular weight excluding hydrogens is 197 g/mol. The number of hydrogen-bond donors (Lipinski definition) is 3. The minimum Gasteiger partial charge on any atom is -0.396 e. The Bertz CT molecular complexity index is 313. The van der Waals surface area contributed by atoms with E-state index in [4.69, 9.17) is 10.2 Å². The number of nitrogens with one attached hydrogen (secondary N) is 1. The predicted octanol–water partition coefficient (Wildman–Crippen LogP) is 1.23. The largest absolute Gasteiger partial charge is 0.396 e. The van der Waals surface area contributed by atoms with Gasteiger partial charge >= 0.3 is 0 Å². The van der Waals surface area contributed by atoms with Crippen molar-refractivity contribution >= 4 is 5.69 Å². The van der Waals surface area contributed by atoms with E-state index >= 15 is 0 Å². The molecule has 1 aromatic carbocycles. The summed E-state index contributed by atoms with van der Waals surface area (Å²) in [5.41, 5.74) is 0.0508. The van der Waals surface area contributed by atoms with Crippen molar-refractivity contribution in [1.29, 1.82) is 0 Å². The molecule has 3 nitrogen and oxygen atoms in total. The molecule has 15 heavy (non-hydrogen) atoms. The van der Waals surface area contributed by atoms with Crippen LogP contribution in [0.4, 0.5) is 10.1 Å². The lowest BCUT2D eigenvalue weighted by molar-refractivity contribution is 0.0806. The van der Waals surface area contributed by atoms with Gasteiger partial charge in [-0.25, -0.2) is 4.39 Å². The van der Waals surface area contributed by atoms with Gasteiger partial charge in [0.25, 0.3) is 0 Å². The summed E-state index contributed by atoms with van der Waals surface area (Å²) in [6, 6.07) is 6.07. The molecule has 0 aromatic heterocycles. The normalized spacial score (nSPS) is 11.5. The molecular formula is C11H16FNO2. The van der Waals surface area contributed by atoms with Gasteiger partial charge in [-0.1, -0.05) is 13.0 Å². The highest BCUT2D eigenvalue weighted by Gasteiger charge is 2.21. The zero-order valence-electron chi connectivity index (χ0n) is 8.70. The molecule has 0 saturated carbocycles. The van der Waals surface area contributed by atoms with E-state index in [9.17, 15) is 4.39 Å². The van der Waals surface area contributed by atoms with Crippen LogP contribution in [0.2, 0.25) is 0 Å². The number of benzene rings is 1. The fraction of sp³-hybridized carbons (Fsp3) is 0.455. The van der Waals surface area contributed by atoms with E-state index in [0.29, 0.717) is 12.2 Å². The molecule has 0 amide bonds. The second-order valence-electron chi connectivity index (χ2n) is 3.99. The van der Waals surface area contributed by atoms with Crippen LogP contribution in [0.3, 0.4) is 0 Å². The number of aliphatic hydroxyl groups excluding tert-OH is 2. The summed E-state index contributed by atoms with van der Waals surface area (Å²) in [6.07, 6.45) is 0. The monoisotopic (exact) mass is 213 g/mol. The molecule has 0 fully saturated rings. The molecule has 0 spiro atoms. The Morgan fingerprint density at radius 3 is 2.53 bits per heavy atom. The summed E-state index contributed by atoms with van der Waals surface area (Å²) in [5.74, 6) is -0.310. The van der Waals surface area contributed by atoms with Gasteiger partial charge in [-0.15, -0.1) is 0 Å². The standard InChI is InChI=1S/C11H16FNO2/c1-11(7-14,8-15)6-13-10-4-2-3-9(12)5-10/h2-5,13-15H,6-8H2,1H3. The average Bonchev–Trinajstić information content (AvgIpc) is 2.26. The summed E-state index contributed by atoms with van der Waals surface area (Å²) in [4.78, 5) is 0. The van der Waals surface area contributed by atoms with Crippen LogP contribution in [0.15, 0.2) is 24.3 Å². The van der Waals surface area contributed by atoms with Crippen molar-refractivity contribution in [2.45, 2.75) is 6.92 Å². The molecule has 0 bridgehead atoms. The van der Waals surface area contributed by atoms with Gasteiger partial charge in [0.1, 0.15) is 5.82 Å². The van der Waals surface area contributed by atoms with Gasteiger partial charge in [0.15, 0.2) is 0 Å². The Morgan fingerprint density at radius 1 is 1.33 bits per heavy atom. The van der Waals surface area contributed by atoms with E-state index in [1.54, 1.807) is 19.1 Å². The lowest BCUT2D eigenvalue weighted by Gasteiger charge is -2.25. The van der Waals surface area contributed by atoms with E-state index in [1.165, 1.54) is 12.1 Å². The molecule has 1 aromatic rings. The van der Waals surface area contributed by atoms with Gasteiger partial charge in [0.2, 0.25) is 0 Å². The van der Waals surface area contributed by atoms with Gasteiger partial charge < -0.3 is 15.5 Å². The van der Waals surface area contributed by atoms with Gasteiger partial charge in [-0.05, 0) is 18.2 Å². The SMILES string of the molecule is CC(CO)(CO)CNc1cccc(F)c1. The van der Waals surface area contributed by atoms with Crippen LogP contribution in [-0.4, -0.2) is 30.0 Å². The second kappa shape index (κ2) is 5.09. The van der Waals surface area contributed by atoms with Crippen LogP contribution in [0, 0.1) is 11.2 Å². The third-order valence-corrected chi connectivity index (χ3v) is 2.31. The predicted molar refractivity (Wildman–Crippen MR) is 57.2 cm³/mol. The van der Waals surface area contributed by atoms with Crippen molar-refractivity contribution in [1.82, 2.24) is 0 Å². The molecule has 0 radical (unpaired) electrons. The average molecular weight is 213 g/mol.